The highest BCUT2D eigenvalue weighted by Crippen LogP contribution is 2.27. The van der Waals surface area contributed by atoms with Crippen LogP contribution in [0.25, 0.3) is 0 Å². The van der Waals surface area contributed by atoms with Gasteiger partial charge in [0.2, 0.25) is 11.8 Å². The summed E-state index contributed by atoms with van der Waals surface area (Å²) in [6.45, 7) is 5.90. The van der Waals surface area contributed by atoms with Gasteiger partial charge in [0.1, 0.15) is 18.3 Å². The van der Waals surface area contributed by atoms with Crippen molar-refractivity contribution in [3.05, 3.63) is 120 Å². The van der Waals surface area contributed by atoms with Gasteiger partial charge in [0, 0.05) is 24.4 Å². The lowest BCUT2D eigenvalue weighted by Crippen LogP contribution is -2.53. The first-order chi connectivity index (χ1) is 22.5. The van der Waals surface area contributed by atoms with E-state index in [9.17, 15) is 18.0 Å². The second-order valence-electron chi connectivity index (χ2n) is 11.7. The Balaban J connectivity index is 1.80. The molecule has 0 saturated heterocycles. The average molecular weight is 674 g/mol. The molecule has 0 aromatic heterocycles. The maximum absolute atomic E-state index is 14.6. The second-order valence-corrected chi connectivity index (χ2v) is 14.5. The van der Waals surface area contributed by atoms with Gasteiger partial charge in [0.25, 0.3) is 10.0 Å². The monoisotopic (exact) mass is 673 g/mol. The average Bonchev–Trinajstić information content (AvgIpc) is 3.08. The molecule has 4 rings (SSSR count). The second kappa shape index (κ2) is 16.5. The summed E-state index contributed by atoms with van der Waals surface area (Å²) in [7, 11) is -2.61. The van der Waals surface area contributed by atoms with E-state index in [1.54, 1.807) is 49.6 Å². The number of ether oxygens (including phenoxy) is 1. The summed E-state index contributed by atoms with van der Waals surface area (Å²) < 4.78 is 35.1. The van der Waals surface area contributed by atoms with Gasteiger partial charge in [-0.2, -0.15) is 0 Å². The molecular formula is C37H43N3O5S2. The lowest BCUT2D eigenvalue weighted by atomic mass is 10.0. The third-order valence-electron chi connectivity index (χ3n) is 7.69. The number of sulfonamides is 1. The first kappa shape index (κ1) is 35.6. The number of hydrogen-bond acceptors (Lipinski definition) is 6. The van der Waals surface area contributed by atoms with Gasteiger partial charge in [-0.1, -0.05) is 74.0 Å². The molecule has 1 atom stereocenters. The molecule has 0 saturated carbocycles. The van der Waals surface area contributed by atoms with Gasteiger partial charge < -0.3 is 15.0 Å². The Morgan fingerprint density at radius 1 is 0.872 bits per heavy atom. The topological polar surface area (TPSA) is 96.0 Å². The molecule has 0 heterocycles. The third kappa shape index (κ3) is 9.62. The highest BCUT2D eigenvalue weighted by molar-refractivity contribution is 7.98. The Kier molecular flexibility index (Phi) is 12.5. The molecule has 4 aromatic rings. The number of nitrogens with one attached hydrogen (secondary N) is 1. The summed E-state index contributed by atoms with van der Waals surface area (Å²) in [5.74, 6) is -0.0237. The number of thioether (sulfide) groups is 1. The number of anilines is 1. The van der Waals surface area contributed by atoms with Crippen molar-refractivity contribution < 1.29 is 22.7 Å². The highest BCUT2D eigenvalue weighted by Gasteiger charge is 2.34. The van der Waals surface area contributed by atoms with Crippen LogP contribution in [0.3, 0.4) is 0 Å². The first-order valence-electron chi connectivity index (χ1n) is 15.5. The summed E-state index contributed by atoms with van der Waals surface area (Å²) >= 11 is 1.51. The first-order valence-corrected chi connectivity index (χ1v) is 18.2. The van der Waals surface area contributed by atoms with Crippen LogP contribution in [0.2, 0.25) is 0 Å². The van der Waals surface area contributed by atoms with Crippen molar-refractivity contribution in [1.29, 1.82) is 0 Å². The number of aryl methyl sites for hydroxylation is 1. The Morgan fingerprint density at radius 3 is 2.15 bits per heavy atom. The molecule has 0 aliphatic heterocycles. The zero-order valence-corrected chi connectivity index (χ0v) is 29.2. The highest BCUT2D eigenvalue weighted by atomic mass is 32.2. The maximum atomic E-state index is 14.6. The quantitative estimate of drug-likeness (QED) is 0.148. The van der Waals surface area contributed by atoms with E-state index in [-0.39, 0.29) is 29.7 Å². The van der Waals surface area contributed by atoms with Gasteiger partial charge in [-0.05, 0) is 78.8 Å². The summed E-state index contributed by atoms with van der Waals surface area (Å²) in [6, 6.07) is 29.5. The molecule has 0 fully saturated rings. The normalized spacial score (nSPS) is 12.0. The van der Waals surface area contributed by atoms with Crippen LogP contribution in [0, 0.1) is 12.8 Å². The van der Waals surface area contributed by atoms with Crippen molar-refractivity contribution in [2.75, 3.05) is 30.8 Å². The molecule has 1 unspecified atom stereocenters. The minimum absolute atomic E-state index is 0.0623. The zero-order chi connectivity index (χ0) is 34.0. The number of amides is 2. The molecule has 8 nitrogen and oxygen atoms in total. The van der Waals surface area contributed by atoms with E-state index >= 15 is 0 Å². The van der Waals surface area contributed by atoms with Crippen LogP contribution in [0.4, 0.5) is 5.69 Å². The van der Waals surface area contributed by atoms with Crippen molar-refractivity contribution in [2.24, 2.45) is 5.92 Å². The molecule has 0 bridgehead atoms. The van der Waals surface area contributed by atoms with Crippen LogP contribution in [-0.2, 0) is 32.6 Å². The molecule has 0 radical (unpaired) electrons. The van der Waals surface area contributed by atoms with Gasteiger partial charge in [0.05, 0.1) is 17.7 Å². The largest absolute Gasteiger partial charge is 0.497 e. The van der Waals surface area contributed by atoms with Crippen LogP contribution < -0.4 is 14.4 Å². The van der Waals surface area contributed by atoms with Crippen LogP contribution in [0.15, 0.2) is 113 Å². The molecule has 10 heteroatoms. The van der Waals surface area contributed by atoms with Gasteiger partial charge >= 0.3 is 0 Å². The third-order valence-corrected chi connectivity index (χ3v) is 10.2. The van der Waals surface area contributed by atoms with Crippen molar-refractivity contribution in [2.45, 2.75) is 49.6 Å². The minimum Gasteiger partial charge on any atom is -0.497 e. The van der Waals surface area contributed by atoms with Gasteiger partial charge in [0.15, 0.2) is 0 Å². The molecule has 47 heavy (non-hydrogen) atoms. The minimum atomic E-state index is -4.17. The number of carbonyl (C=O) groups is 2. The van der Waals surface area contributed by atoms with Crippen LogP contribution in [0.5, 0.6) is 5.75 Å². The summed E-state index contributed by atoms with van der Waals surface area (Å²) in [5.41, 5.74) is 2.91. The number of hydrogen-bond donors (Lipinski definition) is 1. The summed E-state index contributed by atoms with van der Waals surface area (Å²) in [5, 5.41) is 3.01. The van der Waals surface area contributed by atoms with E-state index in [1.807, 2.05) is 87.7 Å². The predicted molar refractivity (Wildman–Crippen MR) is 189 cm³/mol. The van der Waals surface area contributed by atoms with E-state index in [1.165, 1.54) is 16.7 Å². The number of nitrogens with zero attached hydrogens (tertiary/aromatic N) is 2. The lowest BCUT2D eigenvalue weighted by molar-refractivity contribution is -0.140. The van der Waals surface area contributed by atoms with E-state index < -0.39 is 28.5 Å². The Labute approximate surface area is 283 Å². The molecule has 4 aromatic carbocycles. The fourth-order valence-electron chi connectivity index (χ4n) is 5.06. The Bertz CT molecular complexity index is 1730. The molecule has 248 valence electrons. The van der Waals surface area contributed by atoms with Crippen LogP contribution >= 0.6 is 11.8 Å². The molecule has 0 aliphatic rings. The van der Waals surface area contributed by atoms with Crippen LogP contribution in [-0.4, -0.2) is 57.6 Å². The summed E-state index contributed by atoms with van der Waals surface area (Å²) in [6.07, 6.45) is 2.16. The summed E-state index contributed by atoms with van der Waals surface area (Å²) in [4.78, 5) is 31.0. The molecular weight excluding hydrogens is 631 g/mol. The zero-order valence-electron chi connectivity index (χ0n) is 27.6. The van der Waals surface area contributed by atoms with Gasteiger partial charge in [-0.25, -0.2) is 8.42 Å². The fraction of sp³-hybridized carbons (Fsp3) is 0.297. The Morgan fingerprint density at radius 2 is 1.53 bits per heavy atom. The Hall–Kier alpha value is -4.28. The lowest BCUT2D eigenvalue weighted by Gasteiger charge is -2.34. The number of rotatable bonds is 15. The van der Waals surface area contributed by atoms with Crippen molar-refractivity contribution >= 4 is 39.3 Å². The standard InChI is InChI=1S/C37H43N3O5S2/c1-27(2)24-38-37(42)35(23-29-10-7-6-8-11-29)39(25-30-12-9-13-32(22-30)45-4)36(41)26-40(31-16-14-28(3)15-17-31)47(43,44)34-20-18-33(46-5)19-21-34/h6-22,27,35H,23-26H2,1-5H3,(H,38,42). The van der Waals surface area contributed by atoms with E-state index in [2.05, 4.69) is 5.32 Å². The smallest absolute Gasteiger partial charge is 0.264 e. The van der Waals surface area contributed by atoms with Crippen molar-refractivity contribution in [3.63, 3.8) is 0 Å². The van der Waals surface area contributed by atoms with Crippen LogP contribution in [0.1, 0.15) is 30.5 Å². The predicted octanol–water partition coefficient (Wildman–Crippen LogP) is 6.33. The molecule has 0 aliphatic carbocycles. The van der Waals surface area contributed by atoms with Gasteiger partial charge in [-0.3, -0.25) is 13.9 Å². The van der Waals surface area contributed by atoms with Gasteiger partial charge in [-0.15, -0.1) is 11.8 Å². The number of carbonyl (C=O) groups excluding carboxylic acids is 2. The molecule has 2 amide bonds. The fourth-order valence-corrected chi connectivity index (χ4v) is 6.88. The van der Waals surface area contributed by atoms with E-state index in [0.717, 1.165) is 25.9 Å². The van der Waals surface area contributed by atoms with E-state index in [0.29, 0.717) is 18.0 Å². The number of methoxy groups -OCH3 is 1. The van der Waals surface area contributed by atoms with Crippen molar-refractivity contribution in [1.82, 2.24) is 10.2 Å². The number of benzene rings is 4. The molecule has 1 N–H and O–H groups in total. The van der Waals surface area contributed by atoms with Crippen molar-refractivity contribution in [3.8, 4) is 5.75 Å². The molecule has 0 spiro atoms. The van der Waals surface area contributed by atoms with E-state index in [4.69, 9.17) is 4.74 Å². The SMILES string of the molecule is COc1cccc(CN(C(=O)CN(c2ccc(C)cc2)S(=O)(=O)c2ccc(SC)cc2)C(Cc2ccccc2)C(=O)NCC(C)C)c1. The maximum Gasteiger partial charge on any atom is 0.264 e.